The Kier molecular flexibility index (Phi) is 26.4. The topological polar surface area (TPSA) is 66.2 Å². The minimum absolute atomic E-state index is 0.636. The fraction of sp³-hybridized carbons (Fsp3) is 1.00. The molecule has 0 saturated carbocycles. The third-order valence-corrected chi connectivity index (χ3v) is 10.3. The van der Waals surface area contributed by atoms with Crippen molar-refractivity contribution in [1.82, 2.24) is 0 Å². The Balaban J connectivity index is 0. The van der Waals surface area contributed by atoms with Gasteiger partial charge in [0.05, 0.1) is 23.6 Å². The fourth-order valence-corrected chi connectivity index (χ4v) is 7.79. The third-order valence-electron chi connectivity index (χ3n) is 6.15. The summed E-state index contributed by atoms with van der Waals surface area (Å²) in [5, 5.41) is 14.8. The van der Waals surface area contributed by atoms with Crippen LogP contribution in [-0.4, -0.2) is 30.2 Å². The molecule has 30 heavy (non-hydrogen) atoms. The number of nitrogens with zero attached hydrogens (tertiary/aromatic N) is 1. The number of rotatable bonds is 21. The van der Waals surface area contributed by atoms with Crippen LogP contribution >= 0.6 is 7.26 Å². The zero-order valence-corrected chi connectivity index (χ0v) is 21.9. The van der Waals surface area contributed by atoms with E-state index in [1.54, 1.807) is 18.5 Å². The van der Waals surface area contributed by atoms with E-state index in [-0.39, 0.29) is 0 Å². The molecular formula is C25H54NO3P. The molecule has 0 atom stereocenters. The van der Waals surface area contributed by atoms with Gasteiger partial charge in [-0.1, -0.05) is 97.8 Å². The first-order valence-electron chi connectivity index (χ1n) is 13.1. The van der Waals surface area contributed by atoms with E-state index in [0.717, 1.165) is 0 Å². The lowest BCUT2D eigenvalue weighted by Crippen LogP contribution is -2.08. The van der Waals surface area contributed by atoms with E-state index in [9.17, 15) is 0 Å². The summed E-state index contributed by atoms with van der Waals surface area (Å²) in [6, 6.07) is 0. The van der Waals surface area contributed by atoms with Gasteiger partial charge >= 0.3 is 0 Å². The molecule has 4 nitrogen and oxygen atoms in total. The van der Waals surface area contributed by atoms with Crippen molar-refractivity contribution in [2.24, 2.45) is 0 Å². The van der Waals surface area contributed by atoms with Gasteiger partial charge in [0.2, 0.25) is 0 Å². The largest absolute Gasteiger partial charge is 0.356 e. The molecule has 0 spiro atoms. The summed E-state index contributed by atoms with van der Waals surface area (Å²) in [6.45, 7) is 9.70. The van der Waals surface area contributed by atoms with Gasteiger partial charge in [-0.25, -0.2) is 0 Å². The minimum atomic E-state index is -1.75. The average molecular weight is 448 g/mol. The van der Waals surface area contributed by atoms with E-state index in [1.165, 1.54) is 116 Å². The minimum Gasteiger partial charge on any atom is -0.356 e. The van der Waals surface area contributed by atoms with Gasteiger partial charge in [0.25, 0.3) is 0 Å². The van der Waals surface area contributed by atoms with Crippen LogP contribution in [0.3, 0.4) is 0 Å². The molecule has 0 aromatic carbocycles. The molecule has 0 bridgehead atoms. The van der Waals surface area contributed by atoms with Crippen LogP contribution in [0.1, 0.15) is 136 Å². The van der Waals surface area contributed by atoms with Gasteiger partial charge in [-0.2, -0.15) is 0 Å². The highest BCUT2D eigenvalue weighted by atomic mass is 31.2. The van der Waals surface area contributed by atoms with Gasteiger partial charge in [0.1, 0.15) is 0 Å². The van der Waals surface area contributed by atoms with Crippen LogP contribution in [0.2, 0.25) is 0 Å². The quantitative estimate of drug-likeness (QED) is 0.0761. The summed E-state index contributed by atoms with van der Waals surface area (Å²) in [5.41, 5.74) is 0. The first-order valence-corrected chi connectivity index (χ1v) is 15.9. The van der Waals surface area contributed by atoms with Crippen LogP contribution < -0.4 is 0 Å². The SMILES string of the molecule is CCCCCCCC[P+](C)(CCCCCCCC)CCCCCCCC.O=[N+]([O-])[O-]. The van der Waals surface area contributed by atoms with Crippen molar-refractivity contribution < 1.29 is 5.09 Å². The van der Waals surface area contributed by atoms with Gasteiger partial charge in [-0.15, -0.1) is 0 Å². The second-order valence-corrected chi connectivity index (χ2v) is 13.9. The maximum atomic E-state index is 8.25. The molecule has 0 N–H and O–H groups in total. The normalized spacial score (nSPS) is 11.2. The smallest absolute Gasteiger partial charge is 0.0689 e. The Morgan fingerprint density at radius 1 is 0.500 bits per heavy atom. The number of hydrogen-bond donors (Lipinski definition) is 0. The van der Waals surface area contributed by atoms with Gasteiger partial charge < -0.3 is 15.3 Å². The number of unbranched alkanes of at least 4 members (excludes halogenated alkanes) is 15. The van der Waals surface area contributed by atoms with E-state index >= 15 is 0 Å². The standard InChI is InChI=1S/C25H54P.NO3/c1-5-8-11-14-17-20-23-26(4,24-21-18-15-12-9-6-2)25-22-19-16-13-10-7-3;2-1(3)4/h5-25H2,1-4H3;/q+1;-1. The van der Waals surface area contributed by atoms with Crippen LogP contribution in [0.15, 0.2) is 0 Å². The predicted molar refractivity (Wildman–Crippen MR) is 138 cm³/mol. The highest BCUT2D eigenvalue weighted by Crippen LogP contribution is 2.57. The van der Waals surface area contributed by atoms with Crippen molar-refractivity contribution in [2.45, 2.75) is 136 Å². The zero-order valence-electron chi connectivity index (χ0n) is 21.0. The van der Waals surface area contributed by atoms with Gasteiger partial charge in [-0.3, -0.25) is 0 Å². The fourth-order valence-electron chi connectivity index (χ4n) is 4.16. The molecule has 0 aliphatic carbocycles. The van der Waals surface area contributed by atoms with Crippen molar-refractivity contribution >= 4 is 7.26 Å². The molecular weight excluding hydrogens is 393 g/mol. The van der Waals surface area contributed by atoms with Crippen LogP contribution in [0.25, 0.3) is 0 Å². The van der Waals surface area contributed by atoms with Crippen LogP contribution in [0, 0.1) is 15.3 Å². The molecule has 0 saturated heterocycles. The van der Waals surface area contributed by atoms with Gasteiger partial charge in [-0.05, 0) is 38.5 Å². The maximum absolute atomic E-state index is 8.25. The lowest BCUT2D eigenvalue weighted by Gasteiger charge is -2.24. The molecule has 0 aliphatic rings. The molecule has 5 heteroatoms. The average Bonchev–Trinajstić information content (AvgIpc) is 2.70. The molecule has 0 unspecified atom stereocenters. The lowest BCUT2D eigenvalue weighted by molar-refractivity contribution is -0.402. The van der Waals surface area contributed by atoms with E-state index in [4.69, 9.17) is 15.3 Å². The molecule has 182 valence electrons. The van der Waals surface area contributed by atoms with Crippen molar-refractivity contribution in [3.8, 4) is 0 Å². The van der Waals surface area contributed by atoms with E-state index < -0.39 is 12.3 Å². The van der Waals surface area contributed by atoms with E-state index in [0.29, 0.717) is 0 Å². The Bertz CT molecular complexity index is 308. The van der Waals surface area contributed by atoms with E-state index in [1.807, 2.05) is 0 Å². The summed E-state index contributed by atoms with van der Waals surface area (Å²) >= 11 is 0. The first kappa shape index (κ1) is 31.8. The second-order valence-electron chi connectivity index (χ2n) is 9.32. The molecule has 0 fully saturated rings. The molecule has 0 amide bonds. The van der Waals surface area contributed by atoms with Crippen LogP contribution in [0.4, 0.5) is 0 Å². The third kappa shape index (κ3) is 27.6. The Morgan fingerprint density at radius 2 is 0.700 bits per heavy atom. The molecule has 0 radical (unpaired) electrons. The van der Waals surface area contributed by atoms with E-state index in [2.05, 4.69) is 27.4 Å². The highest BCUT2D eigenvalue weighted by molar-refractivity contribution is 7.75. The maximum Gasteiger partial charge on any atom is 0.0689 e. The van der Waals surface area contributed by atoms with Crippen molar-refractivity contribution in [3.63, 3.8) is 0 Å². The highest BCUT2D eigenvalue weighted by Gasteiger charge is 2.29. The molecule has 0 heterocycles. The number of hydrogen-bond acceptors (Lipinski definition) is 3. The van der Waals surface area contributed by atoms with Crippen molar-refractivity contribution in [2.75, 3.05) is 25.2 Å². The Morgan fingerprint density at radius 3 is 0.933 bits per heavy atom. The summed E-state index contributed by atoms with van der Waals surface area (Å²) < 4.78 is 0. The predicted octanol–water partition coefficient (Wildman–Crippen LogP) is 9.48. The molecule has 0 aromatic heterocycles. The molecule has 0 aromatic rings. The van der Waals surface area contributed by atoms with Crippen molar-refractivity contribution in [1.29, 1.82) is 0 Å². The summed E-state index contributed by atoms with van der Waals surface area (Å²) in [5.74, 6) is 0. The molecule has 0 rings (SSSR count). The zero-order chi connectivity index (χ0) is 22.9. The van der Waals surface area contributed by atoms with Crippen LogP contribution in [-0.2, 0) is 0 Å². The summed E-state index contributed by atoms with van der Waals surface area (Å²) in [6.07, 6.45) is 31.2. The monoisotopic (exact) mass is 447 g/mol. The molecule has 0 aliphatic heterocycles. The van der Waals surface area contributed by atoms with Gasteiger partial charge in [0, 0.05) is 13.9 Å². The Labute approximate surface area is 189 Å². The van der Waals surface area contributed by atoms with Gasteiger partial charge in [0.15, 0.2) is 0 Å². The first-order chi connectivity index (χ1) is 14.4. The van der Waals surface area contributed by atoms with Crippen LogP contribution in [0.5, 0.6) is 0 Å². The summed E-state index contributed by atoms with van der Waals surface area (Å²) in [4.78, 5) is 8.25. The van der Waals surface area contributed by atoms with Crippen molar-refractivity contribution in [3.05, 3.63) is 15.3 Å². The summed E-state index contributed by atoms with van der Waals surface area (Å²) in [7, 11) is -0.636. The Hall–Kier alpha value is -0.370. The second kappa shape index (κ2) is 24.9. The lowest BCUT2D eigenvalue weighted by atomic mass is 10.1.